The van der Waals surface area contributed by atoms with E-state index in [4.69, 9.17) is 0 Å². The Morgan fingerprint density at radius 2 is 2.33 bits per heavy atom. The van der Waals surface area contributed by atoms with Gasteiger partial charge in [-0.1, -0.05) is 28.7 Å². The number of benzene rings is 1. The van der Waals surface area contributed by atoms with Crippen LogP contribution < -0.4 is 5.43 Å². The number of hydrazine groups is 1. The maximum atomic E-state index is 11.3. The van der Waals surface area contributed by atoms with Gasteiger partial charge in [0.15, 0.2) is 0 Å². The Hall–Kier alpha value is -0.0900. The molecule has 4 nitrogen and oxygen atoms in total. The topological polar surface area (TPSA) is 41.6 Å². The number of rotatable bonds is 1. The Morgan fingerprint density at radius 1 is 1.60 bits per heavy atom. The number of esters is 1. The van der Waals surface area contributed by atoms with Gasteiger partial charge in [0.05, 0.1) is 18.4 Å². The molecule has 80 valence electrons. The molecule has 1 aromatic rings. The smallest absolute Gasteiger partial charge is 0.337 e. The summed E-state index contributed by atoms with van der Waals surface area (Å²) in [6.45, 7) is 0. The quantitative estimate of drug-likeness (QED) is 0.245. The van der Waals surface area contributed by atoms with Crippen LogP contribution in [0.4, 0.5) is 5.69 Å². The molecule has 2 rings (SSSR count). The fourth-order valence-corrected chi connectivity index (χ4v) is 2.64. The van der Waals surface area contributed by atoms with Crippen LogP contribution in [0.3, 0.4) is 0 Å². The van der Waals surface area contributed by atoms with E-state index in [2.05, 4.69) is 55.6 Å². The zero-order valence-electron chi connectivity index (χ0n) is 7.83. The van der Waals surface area contributed by atoms with E-state index in [1.165, 1.54) is 12.7 Å². The number of anilines is 1. The van der Waals surface area contributed by atoms with Crippen molar-refractivity contribution in [2.75, 3.05) is 12.5 Å². The van der Waals surface area contributed by atoms with Gasteiger partial charge in [-0.05, 0) is 12.1 Å². The van der Waals surface area contributed by atoms with Crippen molar-refractivity contribution in [3.05, 3.63) is 29.3 Å². The van der Waals surface area contributed by atoms with Crippen molar-refractivity contribution in [1.29, 1.82) is 0 Å². The van der Waals surface area contributed by atoms with Gasteiger partial charge in [-0.2, -0.15) is 0 Å². The fraction of sp³-hybridized carbons (Fsp3) is 0.222. The average Bonchev–Trinajstić information content (AvgIpc) is 2.53. The first-order valence-electron chi connectivity index (χ1n) is 4.21. The Bertz CT molecular complexity index is 411. The Morgan fingerprint density at radius 3 is 3.00 bits per heavy atom. The molecule has 1 heterocycles. The highest BCUT2D eigenvalue weighted by Crippen LogP contribution is 2.41. The van der Waals surface area contributed by atoms with Gasteiger partial charge in [0, 0.05) is 28.4 Å². The van der Waals surface area contributed by atoms with Crippen LogP contribution in [-0.4, -0.2) is 16.3 Å². The van der Waals surface area contributed by atoms with Crippen molar-refractivity contribution in [2.45, 2.75) is 4.05 Å². The number of carbonyl (C=O) groups excluding carboxylic acids is 1. The fourth-order valence-electron chi connectivity index (χ4n) is 1.40. The highest BCUT2D eigenvalue weighted by atomic mass is 127. The molecular weight excluding hydrogens is 422 g/mol. The summed E-state index contributed by atoms with van der Waals surface area (Å²) in [6.07, 6.45) is 0. The minimum atomic E-state index is -0.309. The summed E-state index contributed by atoms with van der Waals surface area (Å²) in [7, 11) is 1.38. The van der Waals surface area contributed by atoms with Gasteiger partial charge in [0.1, 0.15) is 4.05 Å². The predicted molar refractivity (Wildman–Crippen MR) is 74.0 cm³/mol. The van der Waals surface area contributed by atoms with Crippen molar-refractivity contribution in [2.24, 2.45) is 0 Å². The third-order valence-corrected chi connectivity index (χ3v) is 5.25. The molecule has 0 aliphatic carbocycles. The van der Waals surface area contributed by atoms with Gasteiger partial charge >= 0.3 is 5.97 Å². The molecule has 0 bridgehead atoms. The summed E-state index contributed by atoms with van der Waals surface area (Å²) < 4.78 is 6.91. The minimum Gasteiger partial charge on any atom is -0.465 e. The van der Waals surface area contributed by atoms with E-state index in [1.54, 1.807) is 6.07 Å². The lowest BCUT2D eigenvalue weighted by atomic mass is 10.1. The number of methoxy groups -OCH3 is 1. The number of hydrogen-bond acceptors (Lipinski definition) is 4. The van der Waals surface area contributed by atoms with Crippen LogP contribution in [0.15, 0.2) is 18.2 Å². The average molecular weight is 430 g/mol. The van der Waals surface area contributed by atoms with Gasteiger partial charge in [-0.25, -0.2) is 4.79 Å². The van der Waals surface area contributed by atoms with Crippen LogP contribution in [0, 0.1) is 0 Å². The van der Waals surface area contributed by atoms with Gasteiger partial charge < -0.3 is 10.2 Å². The largest absolute Gasteiger partial charge is 0.465 e. The molecule has 1 aromatic carbocycles. The van der Waals surface area contributed by atoms with Crippen molar-refractivity contribution >= 4 is 57.1 Å². The maximum Gasteiger partial charge on any atom is 0.337 e. The number of ether oxygens (including phenoxy) is 1. The van der Waals surface area contributed by atoms with Crippen LogP contribution in [-0.2, 0) is 4.74 Å². The van der Waals surface area contributed by atoms with Gasteiger partial charge in [-0.15, -0.1) is 3.22 Å². The molecule has 0 aromatic heterocycles. The van der Waals surface area contributed by atoms with E-state index in [0.717, 1.165) is 5.69 Å². The molecule has 1 aliphatic rings. The van der Waals surface area contributed by atoms with E-state index in [1.807, 2.05) is 15.4 Å². The number of hydrogen-bond donors (Lipinski definition) is 1. The van der Waals surface area contributed by atoms with Crippen molar-refractivity contribution < 1.29 is 9.53 Å². The lowest BCUT2D eigenvalue weighted by Gasteiger charge is -2.09. The van der Waals surface area contributed by atoms with Crippen LogP contribution >= 0.6 is 45.5 Å². The normalized spacial score (nSPS) is 19.5. The second-order valence-corrected chi connectivity index (χ2v) is 5.27. The van der Waals surface area contributed by atoms with Crippen molar-refractivity contribution in [3.63, 3.8) is 0 Å². The zero-order chi connectivity index (χ0) is 11.0. The highest BCUT2D eigenvalue weighted by Gasteiger charge is 2.26. The van der Waals surface area contributed by atoms with Crippen molar-refractivity contribution in [3.8, 4) is 0 Å². The predicted octanol–water partition coefficient (Wildman–Crippen LogP) is 2.90. The monoisotopic (exact) mass is 430 g/mol. The first-order chi connectivity index (χ1) is 7.13. The van der Waals surface area contributed by atoms with E-state index in [0.29, 0.717) is 5.56 Å². The molecule has 0 saturated carbocycles. The first kappa shape index (κ1) is 11.4. The van der Waals surface area contributed by atoms with Crippen LogP contribution in [0.2, 0.25) is 0 Å². The third-order valence-electron chi connectivity index (χ3n) is 2.16. The van der Waals surface area contributed by atoms with Crippen LogP contribution in [0.5, 0.6) is 0 Å². The van der Waals surface area contributed by atoms with E-state index in [-0.39, 0.29) is 10.0 Å². The number of carbonyl (C=O) groups is 1. The molecule has 0 spiro atoms. The molecule has 0 radical (unpaired) electrons. The SMILES string of the molecule is COC(=O)c1ccc2c(c1)NN(I)C2I. The van der Waals surface area contributed by atoms with E-state index >= 15 is 0 Å². The highest BCUT2D eigenvalue weighted by molar-refractivity contribution is 14.1. The zero-order valence-corrected chi connectivity index (χ0v) is 12.1. The number of fused-ring (bicyclic) bond motifs is 1. The summed E-state index contributed by atoms with van der Waals surface area (Å²) in [5.41, 5.74) is 5.88. The molecular formula is C9H8I2N2O2. The number of nitrogens with zero attached hydrogens (tertiary/aromatic N) is 1. The van der Waals surface area contributed by atoms with Gasteiger partial charge in [0.25, 0.3) is 0 Å². The molecule has 0 amide bonds. The number of alkyl halides is 1. The Labute approximate surface area is 115 Å². The lowest BCUT2D eigenvalue weighted by Crippen LogP contribution is -2.11. The molecule has 1 atom stereocenters. The molecule has 1 unspecified atom stereocenters. The number of nitrogens with one attached hydrogen (secondary N) is 1. The molecule has 1 aliphatic heterocycles. The third kappa shape index (κ3) is 2.07. The number of halogens is 2. The summed E-state index contributed by atoms with van der Waals surface area (Å²) in [4.78, 5) is 11.3. The summed E-state index contributed by atoms with van der Waals surface area (Å²) in [5.74, 6) is -0.309. The second kappa shape index (κ2) is 4.42. The Balaban J connectivity index is 2.37. The van der Waals surface area contributed by atoms with E-state index in [9.17, 15) is 4.79 Å². The van der Waals surface area contributed by atoms with Gasteiger partial charge in [0.2, 0.25) is 0 Å². The standard InChI is InChI=1S/C9H8I2N2O2/c1-15-9(14)5-2-3-6-7(4-5)12-13(11)8(6)10/h2-4,8,12H,1H3. The summed E-state index contributed by atoms with van der Waals surface area (Å²) >= 11 is 4.52. The van der Waals surface area contributed by atoms with Gasteiger partial charge in [-0.3, -0.25) is 0 Å². The summed E-state index contributed by atoms with van der Waals surface area (Å²) in [5, 5.41) is 0. The maximum absolute atomic E-state index is 11.3. The van der Waals surface area contributed by atoms with E-state index < -0.39 is 0 Å². The molecule has 6 heteroatoms. The first-order valence-corrected chi connectivity index (χ1v) is 6.42. The van der Waals surface area contributed by atoms with Crippen LogP contribution in [0.1, 0.15) is 20.0 Å². The summed E-state index contributed by atoms with van der Waals surface area (Å²) in [6, 6.07) is 5.55. The van der Waals surface area contributed by atoms with Crippen LogP contribution in [0.25, 0.3) is 0 Å². The lowest BCUT2D eigenvalue weighted by molar-refractivity contribution is 0.0601. The molecule has 0 fully saturated rings. The van der Waals surface area contributed by atoms with Crippen molar-refractivity contribution in [1.82, 2.24) is 3.22 Å². The second-order valence-electron chi connectivity index (χ2n) is 3.05. The molecule has 15 heavy (non-hydrogen) atoms. The molecule has 0 saturated heterocycles. The molecule has 1 N–H and O–H groups in total. The Kier molecular flexibility index (Phi) is 3.36. The minimum absolute atomic E-state index is 0.282.